The van der Waals surface area contributed by atoms with Gasteiger partial charge in [-0.3, -0.25) is 0 Å². The van der Waals surface area contributed by atoms with Crippen LogP contribution in [0.15, 0.2) is 11.6 Å². The van der Waals surface area contributed by atoms with Crippen LogP contribution < -0.4 is 0 Å². The van der Waals surface area contributed by atoms with Gasteiger partial charge in [0, 0.05) is 14.7 Å². The van der Waals surface area contributed by atoms with Crippen LogP contribution in [0, 0.1) is 0 Å². The van der Waals surface area contributed by atoms with Crippen LogP contribution >= 0.6 is 0 Å². The van der Waals surface area contributed by atoms with E-state index in [-0.39, 0.29) is 0 Å². The summed E-state index contributed by atoms with van der Waals surface area (Å²) in [5.74, 6) is 0. The second-order valence-corrected chi connectivity index (χ2v) is 11.4. The van der Waals surface area contributed by atoms with Crippen molar-refractivity contribution in [3.63, 3.8) is 0 Å². The van der Waals surface area contributed by atoms with Crippen LogP contribution in [-0.2, 0) is 0 Å². The molecular formula is C14H30OSi. The van der Waals surface area contributed by atoms with Crippen LogP contribution in [0.5, 0.6) is 0 Å². The Morgan fingerprint density at radius 3 is 2.31 bits per heavy atom. The van der Waals surface area contributed by atoms with E-state index in [1.54, 1.807) is 5.57 Å². The molecule has 96 valence electrons. The van der Waals surface area contributed by atoms with Crippen LogP contribution in [0.1, 0.15) is 45.4 Å². The maximum atomic E-state index is 8.81. The van der Waals surface area contributed by atoms with E-state index in [9.17, 15) is 0 Å². The minimum Gasteiger partial charge on any atom is -0.396 e. The number of unbranched alkanes of at least 4 members (excludes halogenated alkanes) is 3. The number of hydrogen-bond donors (Lipinski definition) is 1. The molecule has 0 saturated carbocycles. The highest BCUT2D eigenvalue weighted by molar-refractivity contribution is 6.76. The number of rotatable bonds is 9. The highest BCUT2D eigenvalue weighted by Crippen LogP contribution is 2.22. The van der Waals surface area contributed by atoms with Crippen molar-refractivity contribution < 1.29 is 5.11 Å². The van der Waals surface area contributed by atoms with Crippen LogP contribution in [-0.4, -0.2) is 19.8 Å². The summed E-state index contributed by atoms with van der Waals surface area (Å²) in [6.07, 6.45) is 9.64. The lowest BCUT2D eigenvalue weighted by atomic mass is 10.1. The molecule has 0 saturated heterocycles. The molecule has 1 nitrogen and oxygen atoms in total. The largest absolute Gasteiger partial charge is 0.396 e. The molecule has 0 spiro atoms. The first-order valence-electron chi connectivity index (χ1n) is 6.78. The Morgan fingerprint density at radius 1 is 1.12 bits per heavy atom. The summed E-state index contributed by atoms with van der Waals surface area (Å²) < 4.78 is 0. The third kappa shape index (κ3) is 10.4. The molecule has 1 N–H and O–H groups in total. The molecule has 0 unspecified atom stereocenters. The fourth-order valence-electron chi connectivity index (χ4n) is 1.94. The van der Waals surface area contributed by atoms with Gasteiger partial charge in [-0.25, -0.2) is 0 Å². The van der Waals surface area contributed by atoms with Gasteiger partial charge in [0.2, 0.25) is 0 Å². The van der Waals surface area contributed by atoms with Crippen molar-refractivity contribution in [2.24, 2.45) is 0 Å². The van der Waals surface area contributed by atoms with E-state index in [0.717, 1.165) is 12.8 Å². The summed E-state index contributed by atoms with van der Waals surface area (Å²) in [4.78, 5) is 0. The van der Waals surface area contributed by atoms with Crippen molar-refractivity contribution >= 4 is 8.07 Å². The fourth-order valence-corrected chi connectivity index (χ4v) is 3.63. The van der Waals surface area contributed by atoms with E-state index in [2.05, 4.69) is 32.6 Å². The normalized spacial score (nSPS) is 13.2. The van der Waals surface area contributed by atoms with Crippen LogP contribution in [0.2, 0.25) is 25.7 Å². The Kier molecular flexibility index (Phi) is 8.95. The molecule has 0 fully saturated rings. The second-order valence-electron chi connectivity index (χ2n) is 5.92. The Bertz CT molecular complexity index is 191. The predicted molar refractivity (Wildman–Crippen MR) is 76.7 cm³/mol. The molecule has 0 aromatic carbocycles. The molecular weight excluding hydrogens is 212 g/mol. The van der Waals surface area contributed by atoms with Gasteiger partial charge in [-0.05, 0) is 31.7 Å². The van der Waals surface area contributed by atoms with E-state index in [0.29, 0.717) is 6.61 Å². The standard InChI is InChI=1S/C14H30OSi/c1-5-6-7-10-14(11-8-9-12-15)13-16(2,3)4/h11,15H,5-10,12-13H2,1-4H3/b14-11+. The third-order valence-electron chi connectivity index (χ3n) is 2.65. The van der Waals surface area contributed by atoms with Gasteiger partial charge in [0.15, 0.2) is 0 Å². The molecule has 0 aliphatic heterocycles. The van der Waals surface area contributed by atoms with Gasteiger partial charge in [-0.1, -0.05) is 51.1 Å². The lowest BCUT2D eigenvalue weighted by Gasteiger charge is -2.18. The molecule has 0 aromatic rings. The number of aliphatic hydroxyl groups excluding tert-OH is 1. The van der Waals surface area contributed by atoms with E-state index >= 15 is 0 Å². The first-order valence-corrected chi connectivity index (χ1v) is 10.5. The highest BCUT2D eigenvalue weighted by atomic mass is 28.3. The van der Waals surface area contributed by atoms with Gasteiger partial charge in [-0.2, -0.15) is 0 Å². The Hall–Kier alpha value is -0.0831. The summed E-state index contributed by atoms with van der Waals surface area (Å²) >= 11 is 0. The van der Waals surface area contributed by atoms with Gasteiger partial charge in [0.1, 0.15) is 0 Å². The Labute approximate surface area is 103 Å². The zero-order chi connectivity index (χ0) is 12.4. The lowest BCUT2D eigenvalue weighted by Crippen LogP contribution is -2.20. The van der Waals surface area contributed by atoms with Crippen molar-refractivity contribution in [3.8, 4) is 0 Å². The Morgan fingerprint density at radius 2 is 1.81 bits per heavy atom. The lowest BCUT2D eigenvalue weighted by molar-refractivity contribution is 0.289. The molecule has 0 aliphatic rings. The SMILES string of the molecule is CCCCC/C(=C\CCCO)C[Si](C)(C)C. The third-order valence-corrected chi connectivity index (χ3v) is 4.17. The quantitative estimate of drug-likeness (QED) is 0.356. The molecule has 0 amide bonds. The molecule has 0 radical (unpaired) electrons. The van der Waals surface area contributed by atoms with Gasteiger partial charge in [-0.15, -0.1) is 0 Å². The molecule has 0 rings (SSSR count). The van der Waals surface area contributed by atoms with Crippen molar-refractivity contribution in [2.75, 3.05) is 6.61 Å². The zero-order valence-corrected chi connectivity index (χ0v) is 12.7. The Balaban J connectivity index is 4.10. The number of hydrogen-bond acceptors (Lipinski definition) is 1. The average molecular weight is 242 g/mol. The van der Waals surface area contributed by atoms with Crippen molar-refractivity contribution in [2.45, 2.75) is 71.1 Å². The predicted octanol–water partition coefficient (Wildman–Crippen LogP) is 4.60. The molecule has 0 bridgehead atoms. The topological polar surface area (TPSA) is 20.2 Å². The molecule has 0 aromatic heterocycles. The van der Waals surface area contributed by atoms with Crippen molar-refractivity contribution in [3.05, 3.63) is 11.6 Å². The number of aliphatic hydroxyl groups is 1. The zero-order valence-electron chi connectivity index (χ0n) is 11.7. The summed E-state index contributed by atoms with van der Waals surface area (Å²) in [6, 6.07) is 1.34. The highest BCUT2D eigenvalue weighted by Gasteiger charge is 2.14. The van der Waals surface area contributed by atoms with Crippen LogP contribution in [0.25, 0.3) is 0 Å². The minimum atomic E-state index is -0.971. The fraction of sp³-hybridized carbons (Fsp3) is 0.857. The molecule has 0 heterocycles. The van der Waals surface area contributed by atoms with E-state index < -0.39 is 8.07 Å². The van der Waals surface area contributed by atoms with Gasteiger partial charge >= 0.3 is 0 Å². The van der Waals surface area contributed by atoms with Crippen molar-refractivity contribution in [1.82, 2.24) is 0 Å². The van der Waals surface area contributed by atoms with Gasteiger partial charge in [0.25, 0.3) is 0 Å². The smallest absolute Gasteiger partial charge is 0.0483 e. The number of allylic oxidation sites excluding steroid dienone is 2. The van der Waals surface area contributed by atoms with Crippen LogP contribution in [0.4, 0.5) is 0 Å². The van der Waals surface area contributed by atoms with E-state index in [1.807, 2.05) is 0 Å². The molecule has 2 heteroatoms. The molecule has 16 heavy (non-hydrogen) atoms. The maximum Gasteiger partial charge on any atom is 0.0483 e. The first-order chi connectivity index (χ1) is 7.49. The minimum absolute atomic E-state index is 0.325. The molecule has 0 atom stereocenters. The maximum absolute atomic E-state index is 8.81. The van der Waals surface area contributed by atoms with E-state index in [1.165, 1.54) is 31.7 Å². The van der Waals surface area contributed by atoms with Crippen LogP contribution in [0.3, 0.4) is 0 Å². The average Bonchev–Trinajstić information content (AvgIpc) is 2.16. The second kappa shape index (κ2) is 9.00. The monoisotopic (exact) mass is 242 g/mol. The van der Waals surface area contributed by atoms with Gasteiger partial charge < -0.3 is 5.11 Å². The summed E-state index contributed by atoms with van der Waals surface area (Å²) in [6.45, 7) is 9.89. The molecule has 0 aliphatic carbocycles. The summed E-state index contributed by atoms with van der Waals surface area (Å²) in [5.41, 5.74) is 1.65. The van der Waals surface area contributed by atoms with E-state index in [4.69, 9.17) is 5.11 Å². The first kappa shape index (κ1) is 15.9. The summed E-state index contributed by atoms with van der Waals surface area (Å²) in [5, 5.41) is 8.81. The van der Waals surface area contributed by atoms with Gasteiger partial charge in [0.05, 0.1) is 0 Å². The van der Waals surface area contributed by atoms with Crippen molar-refractivity contribution in [1.29, 1.82) is 0 Å². The summed E-state index contributed by atoms with van der Waals surface area (Å²) in [7, 11) is -0.971.